The van der Waals surface area contributed by atoms with Crippen molar-refractivity contribution in [3.8, 4) is 0 Å². The largest absolute Gasteiger partial charge is 0.338 e. The van der Waals surface area contributed by atoms with Gasteiger partial charge in [0, 0.05) is 31.4 Å². The van der Waals surface area contributed by atoms with Crippen molar-refractivity contribution in [3.63, 3.8) is 0 Å². The fourth-order valence-corrected chi connectivity index (χ4v) is 3.23. The molecule has 5 heteroatoms. The topological polar surface area (TPSA) is 63.1 Å². The van der Waals surface area contributed by atoms with Crippen LogP contribution in [-0.4, -0.2) is 23.2 Å². The lowest BCUT2D eigenvalue weighted by Crippen LogP contribution is -2.50. The van der Waals surface area contributed by atoms with Crippen LogP contribution < -0.4 is 16.2 Å². The lowest BCUT2D eigenvalue weighted by Gasteiger charge is -2.38. The first-order chi connectivity index (χ1) is 11.0. The number of nitrogens with one attached hydrogen (secondary N) is 2. The zero-order chi connectivity index (χ0) is 16.7. The lowest BCUT2D eigenvalue weighted by atomic mass is 9.73. The molecule has 0 radical (unpaired) electrons. The molecule has 0 aliphatic heterocycles. The van der Waals surface area contributed by atoms with Crippen molar-refractivity contribution in [1.29, 1.82) is 0 Å². The van der Waals surface area contributed by atoms with Gasteiger partial charge in [-0.1, -0.05) is 32.8 Å². The van der Waals surface area contributed by atoms with E-state index in [0.29, 0.717) is 13.1 Å². The van der Waals surface area contributed by atoms with E-state index in [0.717, 1.165) is 19.3 Å². The highest BCUT2D eigenvalue weighted by atomic mass is 16.2. The van der Waals surface area contributed by atoms with E-state index in [4.69, 9.17) is 0 Å². The molecule has 1 fully saturated rings. The monoisotopic (exact) mass is 319 g/mol. The van der Waals surface area contributed by atoms with Gasteiger partial charge in [0.05, 0.1) is 0 Å². The maximum absolute atomic E-state index is 12.0. The second-order valence-corrected chi connectivity index (χ2v) is 7.13. The van der Waals surface area contributed by atoms with Crippen LogP contribution in [0.1, 0.15) is 52.4 Å². The Labute approximate surface area is 138 Å². The fourth-order valence-electron chi connectivity index (χ4n) is 3.23. The van der Waals surface area contributed by atoms with Gasteiger partial charge in [-0.25, -0.2) is 4.79 Å². The molecule has 2 rings (SSSR count). The van der Waals surface area contributed by atoms with Gasteiger partial charge in [0.1, 0.15) is 0 Å². The lowest BCUT2D eigenvalue weighted by molar-refractivity contribution is 0.166. The summed E-state index contributed by atoms with van der Waals surface area (Å²) in [6.45, 7) is 5.79. The average molecular weight is 319 g/mol. The molecular weight excluding hydrogens is 290 g/mol. The summed E-state index contributed by atoms with van der Waals surface area (Å²) in [6.07, 6.45) is 8.22. The van der Waals surface area contributed by atoms with Gasteiger partial charge >= 0.3 is 6.03 Å². The number of hydrogen-bond acceptors (Lipinski definition) is 2. The van der Waals surface area contributed by atoms with Gasteiger partial charge in [-0.2, -0.15) is 0 Å². The Hall–Kier alpha value is -1.78. The molecule has 1 atom stereocenters. The van der Waals surface area contributed by atoms with E-state index in [2.05, 4.69) is 24.5 Å². The summed E-state index contributed by atoms with van der Waals surface area (Å²) in [5.74, 6) is 0. The standard InChI is InChI=1S/C18H29N3O2/c1-18(2)11-5-3-9-15(18)20-17(23)19-12-6-8-14-21-13-7-4-10-16(21)22/h4,7,10,13,15H,3,5-6,8-9,11-12,14H2,1-2H3,(H2,19,20,23). The van der Waals surface area contributed by atoms with Crippen LogP contribution >= 0.6 is 0 Å². The third-order valence-electron chi connectivity index (χ3n) is 4.82. The predicted octanol–water partition coefficient (Wildman–Crippen LogP) is 2.90. The van der Waals surface area contributed by atoms with E-state index in [1.807, 2.05) is 6.07 Å². The molecule has 1 saturated carbocycles. The van der Waals surface area contributed by atoms with E-state index in [9.17, 15) is 9.59 Å². The Morgan fingerprint density at radius 2 is 2.13 bits per heavy atom. The first-order valence-electron chi connectivity index (χ1n) is 8.69. The van der Waals surface area contributed by atoms with Crippen molar-refractivity contribution in [3.05, 3.63) is 34.7 Å². The molecule has 0 spiro atoms. The molecule has 0 saturated heterocycles. The maximum atomic E-state index is 12.0. The van der Waals surface area contributed by atoms with Crippen LogP contribution in [0.25, 0.3) is 0 Å². The van der Waals surface area contributed by atoms with Gasteiger partial charge in [-0.3, -0.25) is 4.79 Å². The number of unbranched alkanes of at least 4 members (excludes halogenated alkanes) is 1. The smallest absolute Gasteiger partial charge is 0.315 e. The molecule has 2 amide bonds. The van der Waals surface area contributed by atoms with Crippen LogP contribution in [0.15, 0.2) is 29.2 Å². The van der Waals surface area contributed by atoms with E-state index in [1.165, 1.54) is 19.3 Å². The number of hydrogen-bond donors (Lipinski definition) is 2. The minimum Gasteiger partial charge on any atom is -0.338 e. The molecule has 2 N–H and O–H groups in total. The van der Waals surface area contributed by atoms with Crippen molar-refractivity contribution < 1.29 is 4.79 Å². The molecule has 1 heterocycles. The molecule has 128 valence electrons. The zero-order valence-corrected chi connectivity index (χ0v) is 14.3. The number of aryl methyl sites for hydroxylation is 1. The average Bonchev–Trinajstić information content (AvgIpc) is 2.51. The molecule has 23 heavy (non-hydrogen) atoms. The summed E-state index contributed by atoms with van der Waals surface area (Å²) in [5.41, 5.74) is 0.210. The van der Waals surface area contributed by atoms with Crippen LogP contribution in [0, 0.1) is 5.41 Å². The number of pyridine rings is 1. The van der Waals surface area contributed by atoms with E-state index >= 15 is 0 Å². The number of aromatic nitrogens is 1. The quantitative estimate of drug-likeness (QED) is 0.792. The molecule has 1 aromatic heterocycles. The molecule has 0 aromatic carbocycles. The fraction of sp³-hybridized carbons (Fsp3) is 0.667. The summed E-state index contributed by atoms with van der Waals surface area (Å²) in [4.78, 5) is 23.6. The van der Waals surface area contributed by atoms with E-state index in [1.54, 1.807) is 22.9 Å². The Morgan fingerprint density at radius 3 is 2.87 bits per heavy atom. The molecule has 1 aliphatic carbocycles. The third-order valence-corrected chi connectivity index (χ3v) is 4.82. The van der Waals surface area contributed by atoms with Crippen molar-refractivity contribution in [1.82, 2.24) is 15.2 Å². The highest BCUT2D eigenvalue weighted by Crippen LogP contribution is 2.35. The highest BCUT2D eigenvalue weighted by Gasteiger charge is 2.32. The first kappa shape index (κ1) is 17.6. The van der Waals surface area contributed by atoms with Crippen LogP contribution in [0.3, 0.4) is 0 Å². The Morgan fingerprint density at radius 1 is 1.30 bits per heavy atom. The van der Waals surface area contributed by atoms with E-state index < -0.39 is 0 Å². The van der Waals surface area contributed by atoms with Gasteiger partial charge in [0.15, 0.2) is 0 Å². The van der Waals surface area contributed by atoms with Crippen LogP contribution in [0.4, 0.5) is 4.79 Å². The summed E-state index contributed by atoms with van der Waals surface area (Å²) in [5, 5.41) is 6.05. The van der Waals surface area contributed by atoms with Gasteiger partial charge in [0.25, 0.3) is 0 Å². The van der Waals surface area contributed by atoms with Crippen molar-refractivity contribution in [2.75, 3.05) is 6.54 Å². The van der Waals surface area contributed by atoms with Gasteiger partial charge in [0.2, 0.25) is 5.56 Å². The van der Waals surface area contributed by atoms with Crippen molar-refractivity contribution in [2.45, 2.75) is 65.0 Å². The maximum Gasteiger partial charge on any atom is 0.315 e. The second kappa shape index (κ2) is 8.18. The first-order valence-corrected chi connectivity index (χ1v) is 8.69. The predicted molar refractivity (Wildman–Crippen MR) is 92.5 cm³/mol. The molecule has 1 aromatic rings. The number of carbonyl (C=O) groups excluding carboxylic acids is 1. The van der Waals surface area contributed by atoms with E-state index in [-0.39, 0.29) is 23.0 Å². The highest BCUT2D eigenvalue weighted by molar-refractivity contribution is 5.74. The van der Waals surface area contributed by atoms with Crippen molar-refractivity contribution >= 4 is 6.03 Å². The number of amides is 2. The number of urea groups is 1. The second-order valence-electron chi connectivity index (χ2n) is 7.13. The van der Waals surface area contributed by atoms with Gasteiger partial charge in [-0.15, -0.1) is 0 Å². The summed E-state index contributed by atoms with van der Waals surface area (Å²) >= 11 is 0. The number of nitrogens with zero attached hydrogens (tertiary/aromatic N) is 1. The Balaban J connectivity index is 1.63. The molecular formula is C18H29N3O2. The van der Waals surface area contributed by atoms with Gasteiger partial charge in [-0.05, 0) is 37.2 Å². The summed E-state index contributed by atoms with van der Waals surface area (Å²) < 4.78 is 1.70. The zero-order valence-electron chi connectivity index (χ0n) is 14.3. The van der Waals surface area contributed by atoms with Crippen LogP contribution in [0.5, 0.6) is 0 Å². The molecule has 1 unspecified atom stereocenters. The summed E-state index contributed by atoms with van der Waals surface area (Å²) in [7, 11) is 0. The minimum atomic E-state index is -0.0677. The molecule has 5 nitrogen and oxygen atoms in total. The van der Waals surface area contributed by atoms with Crippen molar-refractivity contribution in [2.24, 2.45) is 5.41 Å². The Bertz CT molecular complexity index is 565. The van der Waals surface area contributed by atoms with Crippen LogP contribution in [0.2, 0.25) is 0 Å². The SMILES string of the molecule is CC1(C)CCCCC1NC(=O)NCCCCn1ccccc1=O. The number of rotatable bonds is 6. The molecule has 0 bridgehead atoms. The third kappa shape index (κ3) is 5.41. The minimum absolute atomic E-state index is 0.0257. The normalized spacial score (nSPS) is 20.0. The Kier molecular flexibility index (Phi) is 6.25. The summed E-state index contributed by atoms with van der Waals surface area (Å²) in [6, 6.07) is 5.37. The number of carbonyl (C=O) groups is 1. The van der Waals surface area contributed by atoms with Gasteiger partial charge < -0.3 is 15.2 Å². The molecule has 1 aliphatic rings. The van der Waals surface area contributed by atoms with Crippen LogP contribution in [-0.2, 0) is 6.54 Å².